The van der Waals surface area contributed by atoms with Crippen LogP contribution in [0.4, 0.5) is 0 Å². The minimum absolute atomic E-state index is 0.101. The van der Waals surface area contributed by atoms with Gasteiger partial charge in [0.2, 0.25) is 0 Å². The lowest BCUT2D eigenvalue weighted by Crippen LogP contribution is -2.52. The number of hydrogen-bond donors (Lipinski definition) is 2. The van der Waals surface area contributed by atoms with Gasteiger partial charge in [-0.2, -0.15) is 0 Å². The zero-order valence-electron chi connectivity index (χ0n) is 5.05. The summed E-state index contributed by atoms with van der Waals surface area (Å²) in [5, 5.41) is 3.13. The molecule has 1 atom stereocenters. The Kier molecular flexibility index (Phi) is 1.83. The van der Waals surface area contributed by atoms with E-state index in [9.17, 15) is 0 Å². The molecule has 3 N–H and O–H groups in total. The van der Waals surface area contributed by atoms with E-state index in [1.165, 1.54) is 0 Å². The molecule has 1 saturated heterocycles. The molecule has 0 amide bonds. The molecule has 0 aromatic rings. The lowest BCUT2D eigenvalue weighted by molar-refractivity contribution is -0.00882. The van der Waals surface area contributed by atoms with Crippen molar-refractivity contribution in [3.63, 3.8) is 0 Å². The van der Waals surface area contributed by atoms with Crippen LogP contribution in [-0.4, -0.2) is 25.4 Å². The van der Waals surface area contributed by atoms with Crippen LogP contribution in [0.25, 0.3) is 0 Å². The summed E-state index contributed by atoms with van der Waals surface area (Å²) in [6.07, 6.45) is 0.101. The van der Waals surface area contributed by atoms with Gasteiger partial charge < -0.3 is 10.5 Å². The normalized spacial score (nSPS) is 24.8. The minimum Gasteiger partial charge on any atom is -0.378 e. The first-order chi connectivity index (χ1) is 3.79. The predicted molar refractivity (Wildman–Crippen MR) is 31.4 cm³/mol. The fourth-order valence-corrected chi connectivity index (χ4v) is 0.704. The van der Waals surface area contributed by atoms with Crippen molar-refractivity contribution >= 4 is 0 Å². The molecule has 0 radical (unpaired) electrons. The molecule has 0 aromatic heterocycles. The van der Waals surface area contributed by atoms with Crippen LogP contribution < -0.4 is 11.1 Å². The third-order valence-corrected chi connectivity index (χ3v) is 1.14. The molecule has 1 aliphatic heterocycles. The lowest BCUT2D eigenvalue weighted by atomic mass is 10.2. The monoisotopic (exact) mass is 116 g/mol. The van der Waals surface area contributed by atoms with E-state index in [0.29, 0.717) is 6.04 Å². The highest BCUT2D eigenvalue weighted by molar-refractivity contribution is 4.73. The molecule has 0 spiro atoms. The maximum Gasteiger partial charge on any atom is 0.0643 e. The summed E-state index contributed by atoms with van der Waals surface area (Å²) < 4.78 is 4.92. The van der Waals surface area contributed by atoms with Crippen LogP contribution in [0.3, 0.4) is 0 Å². The number of nitrogens with two attached hydrogens (primary N) is 1. The van der Waals surface area contributed by atoms with Gasteiger partial charge in [0.1, 0.15) is 0 Å². The highest BCUT2D eigenvalue weighted by Crippen LogP contribution is 1.98. The van der Waals surface area contributed by atoms with Crippen LogP contribution in [0, 0.1) is 0 Å². The van der Waals surface area contributed by atoms with E-state index in [0.717, 1.165) is 13.2 Å². The second-order valence-electron chi connectivity index (χ2n) is 2.19. The highest BCUT2D eigenvalue weighted by atomic mass is 16.5. The van der Waals surface area contributed by atoms with Gasteiger partial charge in [-0.15, -0.1) is 0 Å². The maximum absolute atomic E-state index is 5.44. The third-order valence-electron chi connectivity index (χ3n) is 1.14. The minimum atomic E-state index is 0.101. The van der Waals surface area contributed by atoms with E-state index in [-0.39, 0.29) is 6.17 Å². The Morgan fingerprint density at radius 1 is 1.75 bits per heavy atom. The Labute approximate surface area is 49.2 Å². The molecule has 0 aromatic carbocycles. The molecule has 3 heteroatoms. The standard InChI is InChI=1S/C5H12N2O/c1-4(6)7-5-2-8-3-5/h4-5,7H,2-3,6H2,1H3. The summed E-state index contributed by atoms with van der Waals surface area (Å²) >= 11 is 0. The second-order valence-corrected chi connectivity index (χ2v) is 2.19. The van der Waals surface area contributed by atoms with Gasteiger partial charge in [-0.05, 0) is 6.92 Å². The largest absolute Gasteiger partial charge is 0.378 e. The molecule has 0 bridgehead atoms. The fourth-order valence-electron chi connectivity index (χ4n) is 0.704. The van der Waals surface area contributed by atoms with E-state index in [4.69, 9.17) is 10.5 Å². The van der Waals surface area contributed by atoms with E-state index in [1.807, 2.05) is 6.92 Å². The Bertz CT molecular complexity index is 70.8. The summed E-state index contributed by atoms with van der Waals surface area (Å²) in [4.78, 5) is 0. The molecule has 3 nitrogen and oxygen atoms in total. The van der Waals surface area contributed by atoms with Crippen molar-refractivity contribution in [1.82, 2.24) is 5.32 Å². The van der Waals surface area contributed by atoms with E-state index in [2.05, 4.69) is 5.32 Å². The van der Waals surface area contributed by atoms with Gasteiger partial charge in [-0.25, -0.2) is 0 Å². The van der Waals surface area contributed by atoms with Crippen LogP contribution in [-0.2, 0) is 4.74 Å². The fraction of sp³-hybridized carbons (Fsp3) is 1.00. The third kappa shape index (κ3) is 1.43. The summed E-state index contributed by atoms with van der Waals surface area (Å²) in [5.41, 5.74) is 5.44. The summed E-state index contributed by atoms with van der Waals surface area (Å²) in [5.74, 6) is 0. The Balaban J connectivity index is 2.01. The van der Waals surface area contributed by atoms with Crippen LogP contribution in [0.2, 0.25) is 0 Å². The van der Waals surface area contributed by atoms with E-state index < -0.39 is 0 Å². The molecule has 1 rings (SSSR count). The van der Waals surface area contributed by atoms with E-state index in [1.54, 1.807) is 0 Å². The topological polar surface area (TPSA) is 47.3 Å². The first-order valence-corrected chi connectivity index (χ1v) is 2.88. The molecular weight excluding hydrogens is 104 g/mol. The number of nitrogens with one attached hydrogen (secondary N) is 1. The first-order valence-electron chi connectivity index (χ1n) is 2.88. The van der Waals surface area contributed by atoms with Gasteiger partial charge in [0.25, 0.3) is 0 Å². The smallest absolute Gasteiger partial charge is 0.0643 e. The number of hydrogen-bond acceptors (Lipinski definition) is 3. The van der Waals surface area contributed by atoms with Gasteiger partial charge in [0, 0.05) is 0 Å². The zero-order valence-corrected chi connectivity index (χ0v) is 5.05. The SMILES string of the molecule is CC(N)NC1COC1. The molecular formula is C5H12N2O. The van der Waals surface area contributed by atoms with Crippen LogP contribution in [0.5, 0.6) is 0 Å². The van der Waals surface area contributed by atoms with Crippen molar-refractivity contribution in [3.05, 3.63) is 0 Å². The van der Waals surface area contributed by atoms with Gasteiger partial charge in [-0.1, -0.05) is 0 Å². The second kappa shape index (κ2) is 2.44. The molecule has 0 saturated carbocycles. The van der Waals surface area contributed by atoms with Crippen molar-refractivity contribution in [2.75, 3.05) is 13.2 Å². The Morgan fingerprint density at radius 3 is 2.50 bits per heavy atom. The van der Waals surface area contributed by atoms with Crippen molar-refractivity contribution < 1.29 is 4.74 Å². The quantitative estimate of drug-likeness (QED) is 0.468. The van der Waals surface area contributed by atoms with Crippen LogP contribution >= 0.6 is 0 Å². The number of rotatable bonds is 2. The number of ether oxygens (including phenoxy) is 1. The average molecular weight is 116 g/mol. The van der Waals surface area contributed by atoms with Gasteiger partial charge in [0.05, 0.1) is 25.4 Å². The molecule has 1 fully saturated rings. The van der Waals surface area contributed by atoms with Crippen molar-refractivity contribution in [3.8, 4) is 0 Å². The van der Waals surface area contributed by atoms with E-state index >= 15 is 0 Å². The molecule has 1 heterocycles. The van der Waals surface area contributed by atoms with Crippen LogP contribution in [0.15, 0.2) is 0 Å². The summed E-state index contributed by atoms with van der Waals surface area (Å²) in [7, 11) is 0. The van der Waals surface area contributed by atoms with Gasteiger partial charge in [-0.3, -0.25) is 5.32 Å². The Hall–Kier alpha value is -0.120. The average Bonchev–Trinajstić information content (AvgIpc) is 1.55. The molecule has 0 aliphatic carbocycles. The molecule has 1 unspecified atom stereocenters. The maximum atomic E-state index is 5.44. The van der Waals surface area contributed by atoms with Gasteiger partial charge >= 0.3 is 0 Å². The molecule has 8 heavy (non-hydrogen) atoms. The molecule has 1 aliphatic rings. The summed E-state index contributed by atoms with van der Waals surface area (Å²) in [6, 6.07) is 0.509. The zero-order chi connectivity index (χ0) is 5.98. The van der Waals surface area contributed by atoms with Crippen molar-refractivity contribution in [1.29, 1.82) is 0 Å². The van der Waals surface area contributed by atoms with Crippen molar-refractivity contribution in [2.45, 2.75) is 19.1 Å². The van der Waals surface area contributed by atoms with Gasteiger partial charge in [0.15, 0.2) is 0 Å². The first kappa shape index (κ1) is 6.01. The van der Waals surface area contributed by atoms with Crippen molar-refractivity contribution in [2.24, 2.45) is 5.73 Å². The predicted octanol–water partition coefficient (Wildman–Crippen LogP) is -0.720. The Morgan fingerprint density at radius 2 is 2.38 bits per heavy atom. The summed E-state index contributed by atoms with van der Waals surface area (Å²) in [6.45, 7) is 3.57. The lowest BCUT2D eigenvalue weighted by Gasteiger charge is -2.28. The highest BCUT2D eigenvalue weighted by Gasteiger charge is 2.17. The van der Waals surface area contributed by atoms with Crippen LogP contribution in [0.1, 0.15) is 6.92 Å². The molecule has 48 valence electrons.